The van der Waals surface area contributed by atoms with Crippen LogP contribution in [-0.4, -0.2) is 22.8 Å². The van der Waals surface area contributed by atoms with Crippen molar-refractivity contribution in [3.8, 4) is 0 Å². The molecule has 4 aliphatic rings. The molecule has 0 radical (unpaired) electrons. The van der Waals surface area contributed by atoms with Gasteiger partial charge in [-0.05, 0) is 80.1 Å². The fourth-order valence-corrected chi connectivity index (χ4v) is 7.35. The average Bonchev–Trinajstić information content (AvgIpc) is 2.84. The number of hydrogen-bond donors (Lipinski definition) is 1. The minimum absolute atomic E-state index is 0.0219. The quantitative estimate of drug-likeness (QED) is 0.797. The zero-order valence-corrected chi connectivity index (χ0v) is 15.2. The van der Waals surface area contributed by atoms with Crippen molar-refractivity contribution in [3.63, 3.8) is 0 Å². The predicted molar refractivity (Wildman–Crippen MR) is 92.3 cm³/mol. The van der Waals surface area contributed by atoms with E-state index >= 15 is 0 Å². The van der Waals surface area contributed by atoms with Crippen LogP contribution in [0.25, 0.3) is 0 Å². The molecule has 4 aliphatic carbocycles. The Balaban J connectivity index is 1.72. The van der Waals surface area contributed by atoms with Gasteiger partial charge < -0.3 is 5.11 Å². The molecule has 7 atom stereocenters. The van der Waals surface area contributed by atoms with Crippen LogP contribution in [0.15, 0.2) is 11.6 Å². The second-order valence-electron chi connectivity index (χ2n) is 9.41. The van der Waals surface area contributed by atoms with Crippen LogP contribution in [0.5, 0.6) is 0 Å². The van der Waals surface area contributed by atoms with Crippen LogP contribution in [0.1, 0.15) is 65.7 Å². The van der Waals surface area contributed by atoms with E-state index in [4.69, 9.17) is 0 Å². The zero-order valence-electron chi connectivity index (χ0n) is 15.2. The second kappa shape index (κ2) is 5.27. The number of carbonyl (C=O) groups excluding carboxylic acids is 2. The number of allylic oxidation sites excluding steroid dienone is 1. The van der Waals surface area contributed by atoms with Crippen molar-refractivity contribution in [2.75, 3.05) is 0 Å². The van der Waals surface area contributed by atoms with E-state index in [1.54, 1.807) is 6.92 Å². The first-order valence-electron chi connectivity index (χ1n) is 9.70. The van der Waals surface area contributed by atoms with Gasteiger partial charge in [-0.15, -0.1) is 0 Å². The summed E-state index contributed by atoms with van der Waals surface area (Å²) >= 11 is 0. The van der Waals surface area contributed by atoms with E-state index in [9.17, 15) is 14.7 Å². The minimum Gasteiger partial charge on any atom is -0.393 e. The molecule has 0 spiro atoms. The van der Waals surface area contributed by atoms with Crippen LogP contribution in [0.3, 0.4) is 0 Å². The Labute approximate surface area is 144 Å². The first kappa shape index (κ1) is 16.5. The molecule has 3 heteroatoms. The Hall–Kier alpha value is -0.960. The standard InChI is InChI=1S/C21H30O3/c1-12(22)16-6-7-17-15-5-4-13-10-14(23)8-9-20(13,2)19(15)18(24)11-21(16,17)3/h10,15-19,24H,4-9,11H2,1-3H3/t15-,16+,17+,18+,19-,20-,21-/m0/s1. The van der Waals surface area contributed by atoms with Crippen LogP contribution >= 0.6 is 0 Å². The van der Waals surface area contributed by atoms with Crippen LogP contribution in [0.4, 0.5) is 0 Å². The highest BCUT2D eigenvalue weighted by Gasteiger charge is 2.62. The Morgan fingerprint density at radius 3 is 2.67 bits per heavy atom. The molecular formula is C21H30O3. The lowest BCUT2D eigenvalue weighted by molar-refractivity contribution is -0.143. The summed E-state index contributed by atoms with van der Waals surface area (Å²) in [5, 5.41) is 11.2. The maximum atomic E-state index is 12.2. The summed E-state index contributed by atoms with van der Waals surface area (Å²) in [4.78, 5) is 24.0. The van der Waals surface area contributed by atoms with E-state index < -0.39 is 0 Å². The monoisotopic (exact) mass is 330 g/mol. The summed E-state index contributed by atoms with van der Waals surface area (Å²) in [5.74, 6) is 1.99. The molecule has 0 aromatic carbocycles. The molecule has 1 N–H and O–H groups in total. The smallest absolute Gasteiger partial charge is 0.155 e. The number of Topliss-reactive ketones (excluding diaryl/α,β-unsaturated/α-hetero) is 1. The highest BCUT2D eigenvalue weighted by Crippen LogP contribution is 2.66. The number of aliphatic hydroxyl groups excluding tert-OH is 1. The van der Waals surface area contributed by atoms with Gasteiger partial charge >= 0.3 is 0 Å². The second-order valence-corrected chi connectivity index (χ2v) is 9.41. The fraction of sp³-hybridized carbons (Fsp3) is 0.810. The number of fused-ring (bicyclic) bond motifs is 5. The summed E-state index contributed by atoms with van der Waals surface area (Å²) in [5.41, 5.74) is 1.23. The molecule has 0 saturated heterocycles. The molecule has 3 nitrogen and oxygen atoms in total. The maximum absolute atomic E-state index is 12.2. The lowest BCUT2D eigenvalue weighted by atomic mass is 9.46. The molecule has 0 aromatic rings. The summed E-state index contributed by atoms with van der Waals surface area (Å²) in [6.07, 6.45) is 7.97. The van der Waals surface area contributed by atoms with Gasteiger partial charge in [-0.25, -0.2) is 0 Å². The molecule has 0 amide bonds. The van der Waals surface area contributed by atoms with Crippen LogP contribution in [-0.2, 0) is 9.59 Å². The number of carbonyl (C=O) groups is 2. The number of ketones is 2. The molecule has 0 bridgehead atoms. The van der Waals surface area contributed by atoms with Crippen LogP contribution in [0, 0.1) is 34.5 Å². The lowest BCUT2D eigenvalue weighted by Gasteiger charge is -2.59. The van der Waals surface area contributed by atoms with Gasteiger partial charge in [-0.2, -0.15) is 0 Å². The van der Waals surface area contributed by atoms with Crippen molar-refractivity contribution in [3.05, 3.63) is 11.6 Å². The highest BCUT2D eigenvalue weighted by molar-refractivity contribution is 5.91. The van der Waals surface area contributed by atoms with Crippen LogP contribution in [0.2, 0.25) is 0 Å². The van der Waals surface area contributed by atoms with E-state index in [1.807, 2.05) is 6.08 Å². The SMILES string of the molecule is CC(=O)[C@H]1CC[C@@H]2[C@@H]3CCC4=CC(=O)CC[C@]4(C)[C@@H]3[C@H](O)C[C@@]12C. The minimum atomic E-state index is -0.349. The van der Waals surface area contributed by atoms with E-state index in [1.165, 1.54) is 5.57 Å². The summed E-state index contributed by atoms with van der Waals surface area (Å²) in [6, 6.07) is 0. The van der Waals surface area contributed by atoms with Crippen molar-refractivity contribution in [2.45, 2.75) is 71.8 Å². The number of rotatable bonds is 1. The highest BCUT2D eigenvalue weighted by atomic mass is 16.3. The number of hydrogen-bond acceptors (Lipinski definition) is 3. The predicted octanol–water partition coefficient (Wildman–Crippen LogP) is 3.69. The third kappa shape index (κ3) is 2.06. The molecule has 3 fully saturated rings. The van der Waals surface area contributed by atoms with E-state index in [2.05, 4.69) is 13.8 Å². The van der Waals surface area contributed by atoms with Crippen molar-refractivity contribution >= 4 is 11.6 Å². The van der Waals surface area contributed by atoms with Crippen molar-refractivity contribution in [2.24, 2.45) is 34.5 Å². The zero-order chi connectivity index (χ0) is 17.3. The summed E-state index contributed by atoms with van der Waals surface area (Å²) in [7, 11) is 0. The molecule has 132 valence electrons. The molecule has 0 heterocycles. The van der Waals surface area contributed by atoms with Gasteiger partial charge in [0.2, 0.25) is 0 Å². The lowest BCUT2D eigenvalue weighted by Crippen LogP contribution is -2.56. The van der Waals surface area contributed by atoms with Gasteiger partial charge in [0.1, 0.15) is 5.78 Å². The van der Waals surface area contributed by atoms with Gasteiger partial charge in [0.15, 0.2) is 5.78 Å². The van der Waals surface area contributed by atoms with Crippen molar-refractivity contribution in [1.29, 1.82) is 0 Å². The van der Waals surface area contributed by atoms with E-state index in [-0.39, 0.29) is 34.6 Å². The molecule has 3 saturated carbocycles. The largest absolute Gasteiger partial charge is 0.393 e. The van der Waals surface area contributed by atoms with Crippen LogP contribution < -0.4 is 0 Å². The summed E-state index contributed by atoms with van der Waals surface area (Å²) in [6.45, 7) is 6.27. The molecule has 0 aliphatic heterocycles. The fourth-order valence-electron chi connectivity index (χ4n) is 7.35. The Kier molecular flexibility index (Phi) is 3.62. The molecule has 4 rings (SSSR count). The van der Waals surface area contributed by atoms with Gasteiger partial charge in [0, 0.05) is 12.3 Å². The maximum Gasteiger partial charge on any atom is 0.155 e. The molecule has 0 aromatic heterocycles. The first-order valence-corrected chi connectivity index (χ1v) is 9.70. The molecule has 0 unspecified atom stereocenters. The van der Waals surface area contributed by atoms with Crippen molar-refractivity contribution < 1.29 is 14.7 Å². The topological polar surface area (TPSA) is 54.4 Å². The van der Waals surface area contributed by atoms with Gasteiger partial charge in [0.25, 0.3) is 0 Å². The Morgan fingerprint density at radius 2 is 1.96 bits per heavy atom. The third-order valence-corrected chi connectivity index (χ3v) is 8.38. The summed E-state index contributed by atoms with van der Waals surface area (Å²) < 4.78 is 0. The van der Waals surface area contributed by atoms with E-state index in [0.717, 1.165) is 38.5 Å². The normalized spacial score (nSPS) is 50.6. The van der Waals surface area contributed by atoms with E-state index in [0.29, 0.717) is 24.0 Å². The Morgan fingerprint density at radius 1 is 1.21 bits per heavy atom. The number of aliphatic hydroxyl groups is 1. The first-order chi connectivity index (χ1) is 11.3. The molecule has 24 heavy (non-hydrogen) atoms. The Bertz CT molecular complexity index is 621. The molecular weight excluding hydrogens is 300 g/mol. The van der Waals surface area contributed by atoms with Gasteiger partial charge in [-0.3, -0.25) is 9.59 Å². The van der Waals surface area contributed by atoms with Crippen molar-refractivity contribution in [1.82, 2.24) is 0 Å². The van der Waals surface area contributed by atoms with Gasteiger partial charge in [-0.1, -0.05) is 19.4 Å². The average molecular weight is 330 g/mol. The third-order valence-electron chi connectivity index (χ3n) is 8.38. The van der Waals surface area contributed by atoms with Gasteiger partial charge in [0.05, 0.1) is 6.10 Å².